The number of rotatable bonds is 4. The van der Waals surface area contributed by atoms with E-state index in [1.807, 2.05) is 18.2 Å². The molecule has 0 saturated heterocycles. The predicted octanol–water partition coefficient (Wildman–Crippen LogP) is 4.23. The molecule has 0 unspecified atom stereocenters. The molecule has 2 rings (SSSR count). The van der Waals surface area contributed by atoms with E-state index in [2.05, 4.69) is 26.0 Å². The molecule has 1 fully saturated rings. The van der Waals surface area contributed by atoms with Gasteiger partial charge in [0.25, 0.3) is 0 Å². The van der Waals surface area contributed by atoms with E-state index in [1.165, 1.54) is 24.8 Å². The van der Waals surface area contributed by atoms with Crippen molar-refractivity contribution in [2.24, 2.45) is 0 Å². The van der Waals surface area contributed by atoms with Crippen molar-refractivity contribution >= 4 is 5.97 Å². The molecule has 0 bridgehead atoms. The van der Waals surface area contributed by atoms with Gasteiger partial charge in [0, 0.05) is 5.41 Å². The van der Waals surface area contributed by atoms with Crippen LogP contribution in [0.2, 0.25) is 0 Å². The quantitative estimate of drug-likeness (QED) is 0.757. The van der Waals surface area contributed by atoms with E-state index in [-0.39, 0.29) is 17.5 Å². The Kier molecular flexibility index (Phi) is 4.62. The normalized spacial score (nSPS) is 17.2. The van der Waals surface area contributed by atoms with E-state index in [1.54, 1.807) is 0 Å². The Bertz CT molecular complexity index is 403. The van der Waals surface area contributed by atoms with E-state index in [9.17, 15) is 4.79 Å². The van der Waals surface area contributed by atoms with Gasteiger partial charge in [-0.3, -0.25) is 4.79 Å². The first-order valence-corrected chi connectivity index (χ1v) is 7.33. The minimum absolute atomic E-state index is 0.0549. The minimum Gasteiger partial charge on any atom is -0.462 e. The van der Waals surface area contributed by atoms with Crippen LogP contribution in [0.1, 0.15) is 57.9 Å². The van der Waals surface area contributed by atoms with Crippen molar-refractivity contribution in [2.45, 2.75) is 63.9 Å². The second-order valence-electron chi connectivity index (χ2n) is 6.18. The predicted molar refractivity (Wildman–Crippen MR) is 77.1 cm³/mol. The second kappa shape index (κ2) is 6.23. The maximum absolute atomic E-state index is 12.1. The van der Waals surface area contributed by atoms with E-state index in [0.29, 0.717) is 6.42 Å². The molecule has 1 saturated carbocycles. The summed E-state index contributed by atoms with van der Waals surface area (Å²) in [4.78, 5) is 12.1. The Morgan fingerprint density at radius 3 is 2.42 bits per heavy atom. The summed E-state index contributed by atoms with van der Waals surface area (Å²) in [6, 6.07) is 10.2. The lowest BCUT2D eigenvalue weighted by Gasteiger charge is -2.27. The van der Waals surface area contributed by atoms with Gasteiger partial charge in [0.05, 0.1) is 6.42 Å². The van der Waals surface area contributed by atoms with Gasteiger partial charge in [-0.15, -0.1) is 0 Å². The van der Waals surface area contributed by atoms with E-state index in [4.69, 9.17) is 4.74 Å². The first kappa shape index (κ1) is 14.1. The zero-order valence-electron chi connectivity index (χ0n) is 12.0. The number of hydrogen-bond acceptors (Lipinski definition) is 2. The highest BCUT2D eigenvalue weighted by molar-refractivity contribution is 5.71. The number of esters is 1. The Morgan fingerprint density at radius 2 is 1.79 bits per heavy atom. The van der Waals surface area contributed by atoms with Crippen LogP contribution < -0.4 is 0 Å². The third kappa shape index (κ3) is 4.09. The summed E-state index contributed by atoms with van der Waals surface area (Å²) in [7, 11) is 0. The summed E-state index contributed by atoms with van der Waals surface area (Å²) >= 11 is 0. The number of carbonyl (C=O) groups excluding carboxylic acids is 1. The highest BCUT2D eigenvalue weighted by Gasteiger charge is 2.27. The third-order valence-corrected chi connectivity index (χ3v) is 3.99. The van der Waals surface area contributed by atoms with Gasteiger partial charge < -0.3 is 4.74 Å². The average molecular weight is 260 g/mol. The lowest BCUT2D eigenvalue weighted by Crippen LogP contribution is -2.27. The van der Waals surface area contributed by atoms with Crippen LogP contribution in [0.5, 0.6) is 0 Å². The summed E-state index contributed by atoms with van der Waals surface area (Å²) in [6.45, 7) is 4.20. The maximum atomic E-state index is 12.1. The summed E-state index contributed by atoms with van der Waals surface area (Å²) in [5.74, 6) is -0.0549. The summed E-state index contributed by atoms with van der Waals surface area (Å²) in [5.41, 5.74) is 1.03. The monoisotopic (exact) mass is 260 g/mol. The molecule has 0 aromatic heterocycles. The molecular weight excluding hydrogens is 236 g/mol. The number of ether oxygens (including phenoxy) is 1. The van der Waals surface area contributed by atoms with Crippen LogP contribution in [0.4, 0.5) is 0 Å². The SMILES string of the molecule is CC(C)(CC(=O)OC1CCCCC1)c1ccccc1. The molecule has 2 heteroatoms. The zero-order chi connectivity index (χ0) is 13.7. The molecule has 19 heavy (non-hydrogen) atoms. The van der Waals surface area contributed by atoms with Gasteiger partial charge >= 0.3 is 5.97 Å². The third-order valence-electron chi connectivity index (χ3n) is 3.99. The molecule has 0 N–H and O–H groups in total. The van der Waals surface area contributed by atoms with Crippen molar-refractivity contribution in [3.8, 4) is 0 Å². The Balaban J connectivity index is 1.90. The summed E-state index contributed by atoms with van der Waals surface area (Å²) < 4.78 is 5.61. The van der Waals surface area contributed by atoms with Crippen molar-refractivity contribution in [3.05, 3.63) is 35.9 Å². The van der Waals surface area contributed by atoms with Gasteiger partial charge in [-0.25, -0.2) is 0 Å². The van der Waals surface area contributed by atoms with Crippen molar-refractivity contribution in [3.63, 3.8) is 0 Å². The first-order valence-electron chi connectivity index (χ1n) is 7.33. The van der Waals surface area contributed by atoms with Gasteiger partial charge in [0.1, 0.15) is 6.10 Å². The van der Waals surface area contributed by atoms with Crippen LogP contribution >= 0.6 is 0 Å². The molecule has 1 aromatic carbocycles. The van der Waals surface area contributed by atoms with Gasteiger partial charge in [-0.2, -0.15) is 0 Å². The molecular formula is C17H24O2. The van der Waals surface area contributed by atoms with Crippen LogP contribution in [0.3, 0.4) is 0 Å². The first-order chi connectivity index (χ1) is 9.08. The summed E-state index contributed by atoms with van der Waals surface area (Å²) in [6.07, 6.45) is 6.36. The molecule has 0 aliphatic heterocycles. The molecule has 0 radical (unpaired) electrons. The van der Waals surface area contributed by atoms with Gasteiger partial charge in [-0.1, -0.05) is 50.6 Å². The highest BCUT2D eigenvalue weighted by Crippen LogP contribution is 2.28. The number of hydrogen-bond donors (Lipinski definition) is 0. The highest BCUT2D eigenvalue weighted by atomic mass is 16.5. The van der Waals surface area contributed by atoms with Crippen molar-refractivity contribution < 1.29 is 9.53 Å². The second-order valence-corrected chi connectivity index (χ2v) is 6.18. The van der Waals surface area contributed by atoms with Crippen LogP contribution in [0.25, 0.3) is 0 Å². The Hall–Kier alpha value is -1.31. The van der Waals surface area contributed by atoms with E-state index < -0.39 is 0 Å². The number of benzene rings is 1. The lowest BCUT2D eigenvalue weighted by molar-refractivity contribution is -0.151. The van der Waals surface area contributed by atoms with Crippen LogP contribution in [0.15, 0.2) is 30.3 Å². The fourth-order valence-electron chi connectivity index (χ4n) is 2.76. The van der Waals surface area contributed by atoms with Gasteiger partial charge in [0.2, 0.25) is 0 Å². The van der Waals surface area contributed by atoms with Crippen molar-refractivity contribution in [1.29, 1.82) is 0 Å². The molecule has 0 amide bonds. The topological polar surface area (TPSA) is 26.3 Å². The van der Waals surface area contributed by atoms with Crippen LogP contribution in [0, 0.1) is 0 Å². The standard InChI is InChI=1S/C17H24O2/c1-17(2,14-9-5-3-6-10-14)13-16(18)19-15-11-7-4-8-12-15/h3,5-6,9-10,15H,4,7-8,11-13H2,1-2H3. The van der Waals surface area contributed by atoms with Crippen molar-refractivity contribution in [2.75, 3.05) is 0 Å². The maximum Gasteiger partial charge on any atom is 0.306 e. The largest absolute Gasteiger partial charge is 0.462 e. The van der Waals surface area contributed by atoms with Gasteiger partial charge in [0.15, 0.2) is 0 Å². The minimum atomic E-state index is -0.160. The smallest absolute Gasteiger partial charge is 0.306 e. The molecule has 0 spiro atoms. The molecule has 0 atom stereocenters. The summed E-state index contributed by atoms with van der Waals surface area (Å²) in [5, 5.41) is 0. The zero-order valence-corrected chi connectivity index (χ0v) is 12.0. The fraction of sp³-hybridized carbons (Fsp3) is 0.588. The molecule has 104 valence electrons. The molecule has 2 nitrogen and oxygen atoms in total. The van der Waals surface area contributed by atoms with Gasteiger partial charge in [-0.05, 0) is 31.2 Å². The molecule has 1 aromatic rings. The lowest BCUT2D eigenvalue weighted by atomic mass is 9.81. The Labute approximate surface area is 116 Å². The molecule has 1 aliphatic carbocycles. The average Bonchev–Trinajstić information content (AvgIpc) is 2.40. The fourth-order valence-corrected chi connectivity index (χ4v) is 2.76. The van der Waals surface area contributed by atoms with E-state index in [0.717, 1.165) is 12.8 Å². The van der Waals surface area contributed by atoms with E-state index >= 15 is 0 Å². The van der Waals surface area contributed by atoms with Crippen LogP contribution in [-0.4, -0.2) is 12.1 Å². The molecule has 0 heterocycles. The number of carbonyl (C=O) groups is 1. The van der Waals surface area contributed by atoms with Crippen molar-refractivity contribution in [1.82, 2.24) is 0 Å². The van der Waals surface area contributed by atoms with Crippen LogP contribution in [-0.2, 0) is 14.9 Å². The Morgan fingerprint density at radius 1 is 1.16 bits per heavy atom. The molecule has 1 aliphatic rings.